The van der Waals surface area contributed by atoms with Crippen LogP contribution < -0.4 is 14.2 Å². The molecule has 1 aromatic carbocycles. The van der Waals surface area contributed by atoms with Crippen LogP contribution in [0.5, 0.6) is 11.5 Å². The molecule has 1 N–H and O–H groups in total. The summed E-state index contributed by atoms with van der Waals surface area (Å²) in [5.74, 6) is 1.03. The lowest BCUT2D eigenvalue weighted by Gasteiger charge is -2.22. The largest absolute Gasteiger partial charge is 0.494 e. The maximum Gasteiger partial charge on any atom is 0.243 e. The van der Waals surface area contributed by atoms with Crippen LogP contribution in [0.25, 0.3) is 5.69 Å². The van der Waals surface area contributed by atoms with E-state index in [9.17, 15) is 8.42 Å². The van der Waals surface area contributed by atoms with Gasteiger partial charge in [-0.1, -0.05) is 13.0 Å². The van der Waals surface area contributed by atoms with E-state index in [4.69, 9.17) is 19.5 Å². The lowest BCUT2D eigenvalue weighted by molar-refractivity contribution is 0.103. The summed E-state index contributed by atoms with van der Waals surface area (Å²) in [6, 6.07) is 7.19. The maximum atomic E-state index is 13.5. The zero-order valence-electron chi connectivity index (χ0n) is 20.4. The summed E-state index contributed by atoms with van der Waals surface area (Å²) in [7, 11) is -0.970. The Balaban J connectivity index is 1.75. The van der Waals surface area contributed by atoms with Gasteiger partial charge in [-0.05, 0) is 31.9 Å². The van der Waals surface area contributed by atoms with Gasteiger partial charge in [0.2, 0.25) is 16.0 Å². The molecular weight excluding hydrogens is 486 g/mol. The van der Waals surface area contributed by atoms with Crippen LogP contribution >= 0.6 is 0 Å². The second-order valence-electron chi connectivity index (χ2n) is 8.31. The number of anilines is 1. The van der Waals surface area contributed by atoms with Gasteiger partial charge < -0.3 is 14.2 Å². The smallest absolute Gasteiger partial charge is 0.243 e. The Hall–Kier alpha value is -3.76. The molecule has 190 valence electrons. The van der Waals surface area contributed by atoms with E-state index in [-0.39, 0.29) is 12.1 Å². The number of hydrogen-bond acceptors (Lipinski definition) is 10. The summed E-state index contributed by atoms with van der Waals surface area (Å²) in [5, 5.41) is 16.5. The van der Waals surface area contributed by atoms with Crippen LogP contribution in [0.2, 0.25) is 0 Å². The predicted octanol–water partition coefficient (Wildman–Crippen LogP) is 2.73. The quantitative estimate of drug-likeness (QED) is 0.451. The Morgan fingerprint density at radius 2 is 1.83 bits per heavy atom. The van der Waals surface area contributed by atoms with E-state index in [1.54, 1.807) is 36.6 Å². The standard InChI is InChI=1S/C23H27N7O5S/c1-14(21-25-12-16(11-24)13-26-21)15(2)36(31,32)29-23-28-27-22(19-9-6-10-35-19)30(23)20-17(33-3)7-5-8-18(20)34-4/h5,7-8,12-15,19H,6,9-10H2,1-4H3,(H,28,29)/t14-,15-,19-/m0/s1. The molecule has 3 aromatic rings. The van der Waals surface area contributed by atoms with Gasteiger partial charge in [-0.25, -0.2) is 18.4 Å². The number of hydrogen-bond donors (Lipinski definition) is 1. The van der Waals surface area contributed by atoms with Gasteiger partial charge in [0.25, 0.3) is 0 Å². The van der Waals surface area contributed by atoms with Crippen LogP contribution in [0.15, 0.2) is 30.6 Å². The minimum atomic E-state index is -4.00. The highest BCUT2D eigenvalue weighted by Crippen LogP contribution is 2.39. The summed E-state index contributed by atoms with van der Waals surface area (Å²) in [5.41, 5.74) is 0.743. The van der Waals surface area contributed by atoms with Gasteiger partial charge in [-0.3, -0.25) is 9.29 Å². The fourth-order valence-corrected chi connectivity index (χ4v) is 5.19. The number of sulfonamides is 1. The molecule has 1 aliphatic heterocycles. The number of methoxy groups -OCH3 is 2. The van der Waals surface area contributed by atoms with Crippen molar-refractivity contribution in [3.05, 3.63) is 47.8 Å². The molecule has 12 nitrogen and oxygen atoms in total. The first-order valence-corrected chi connectivity index (χ1v) is 12.9. The van der Waals surface area contributed by atoms with Crippen molar-refractivity contribution in [1.29, 1.82) is 5.26 Å². The maximum absolute atomic E-state index is 13.5. The van der Waals surface area contributed by atoms with Gasteiger partial charge >= 0.3 is 0 Å². The lowest BCUT2D eigenvalue weighted by atomic mass is 10.1. The third kappa shape index (κ3) is 4.82. The second kappa shape index (κ2) is 10.5. The van der Waals surface area contributed by atoms with E-state index in [0.717, 1.165) is 6.42 Å². The van der Waals surface area contributed by atoms with Crippen molar-refractivity contribution < 1.29 is 22.6 Å². The number of nitriles is 1. The Labute approximate surface area is 209 Å². The summed E-state index contributed by atoms with van der Waals surface area (Å²) >= 11 is 0. The summed E-state index contributed by atoms with van der Waals surface area (Å²) in [4.78, 5) is 8.30. The van der Waals surface area contributed by atoms with Crippen LogP contribution in [0.3, 0.4) is 0 Å². The summed E-state index contributed by atoms with van der Waals surface area (Å²) < 4.78 is 48.1. The molecule has 13 heteroatoms. The molecular formula is C23H27N7O5S. The van der Waals surface area contributed by atoms with Crippen LogP contribution in [-0.4, -0.2) is 59.2 Å². The lowest BCUT2D eigenvalue weighted by Crippen LogP contribution is -2.31. The first kappa shape index (κ1) is 25.3. The zero-order chi connectivity index (χ0) is 25.9. The number of nitrogens with one attached hydrogen (secondary N) is 1. The molecule has 3 heterocycles. The van der Waals surface area contributed by atoms with Crippen molar-refractivity contribution in [1.82, 2.24) is 24.7 Å². The van der Waals surface area contributed by atoms with Crippen molar-refractivity contribution in [2.24, 2.45) is 0 Å². The molecule has 0 bridgehead atoms. The minimum absolute atomic E-state index is 0.0249. The molecule has 4 rings (SSSR count). The zero-order valence-corrected chi connectivity index (χ0v) is 21.2. The van der Waals surface area contributed by atoms with Gasteiger partial charge in [0, 0.05) is 24.9 Å². The molecule has 0 saturated carbocycles. The third-order valence-corrected chi connectivity index (χ3v) is 8.02. The molecule has 0 radical (unpaired) electrons. The molecule has 0 amide bonds. The molecule has 36 heavy (non-hydrogen) atoms. The highest BCUT2D eigenvalue weighted by molar-refractivity contribution is 7.93. The number of nitrogens with zero attached hydrogens (tertiary/aromatic N) is 6. The normalized spacial score (nSPS) is 17.2. The molecule has 3 atom stereocenters. The molecule has 0 spiro atoms. The van der Waals surface area contributed by atoms with Crippen LogP contribution in [0, 0.1) is 11.3 Å². The van der Waals surface area contributed by atoms with E-state index in [2.05, 4.69) is 24.9 Å². The fourth-order valence-electron chi connectivity index (χ4n) is 3.95. The highest BCUT2D eigenvalue weighted by atomic mass is 32.2. The van der Waals surface area contributed by atoms with Crippen molar-refractivity contribution in [3.8, 4) is 23.3 Å². The highest BCUT2D eigenvalue weighted by Gasteiger charge is 2.34. The van der Waals surface area contributed by atoms with Crippen molar-refractivity contribution in [3.63, 3.8) is 0 Å². The van der Waals surface area contributed by atoms with Gasteiger partial charge in [0.15, 0.2) is 5.82 Å². The number of benzene rings is 1. The predicted molar refractivity (Wildman–Crippen MR) is 130 cm³/mol. The molecule has 1 fully saturated rings. The Morgan fingerprint density at radius 1 is 1.17 bits per heavy atom. The summed E-state index contributed by atoms with van der Waals surface area (Å²) in [6.07, 6.45) is 3.93. The van der Waals surface area contributed by atoms with Crippen molar-refractivity contribution in [2.75, 3.05) is 25.5 Å². The number of para-hydroxylation sites is 1. The van der Waals surface area contributed by atoms with Crippen LogP contribution in [0.1, 0.15) is 55.9 Å². The monoisotopic (exact) mass is 513 g/mol. The third-order valence-electron chi connectivity index (χ3n) is 6.17. The van der Waals surface area contributed by atoms with Crippen LogP contribution in [0.4, 0.5) is 5.95 Å². The average molecular weight is 514 g/mol. The van der Waals surface area contributed by atoms with E-state index < -0.39 is 21.2 Å². The van der Waals surface area contributed by atoms with E-state index in [0.29, 0.717) is 47.4 Å². The number of rotatable bonds is 9. The van der Waals surface area contributed by atoms with Crippen LogP contribution in [-0.2, 0) is 14.8 Å². The molecule has 2 aromatic heterocycles. The van der Waals surface area contributed by atoms with Gasteiger partial charge in [0.05, 0.1) is 25.0 Å². The second-order valence-corrected chi connectivity index (χ2v) is 10.4. The van der Waals surface area contributed by atoms with Crippen molar-refractivity contribution >= 4 is 16.0 Å². The fraction of sp³-hybridized carbons (Fsp3) is 0.435. The molecule has 1 aliphatic rings. The summed E-state index contributed by atoms with van der Waals surface area (Å²) in [6.45, 7) is 3.83. The average Bonchev–Trinajstić information content (AvgIpc) is 3.57. The van der Waals surface area contributed by atoms with Gasteiger partial charge in [-0.15, -0.1) is 10.2 Å². The van der Waals surface area contributed by atoms with Gasteiger partial charge in [0.1, 0.15) is 35.2 Å². The number of ether oxygens (including phenoxy) is 3. The first-order chi connectivity index (χ1) is 17.3. The van der Waals surface area contributed by atoms with E-state index >= 15 is 0 Å². The Kier molecular flexibility index (Phi) is 7.37. The number of aromatic nitrogens is 5. The van der Waals surface area contributed by atoms with E-state index in [1.165, 1.54) is 26.6 Å². The Bertz CT molecular complexity index is 1340. The topological polar surface area (TPSA) is 154 Å². The SMILES string of the molecule is COc1cccc(OC)c1-n1c(NS(=O)(=O)[C@@H](C)[C@H](C)c2ncc(C#N)cn2)nnc1[C@@H]1CCCO1. The van der Waals surface area contributed by atoms with E-state index in [1.807, 2.05) is 6.07 Å². The first-order valence-electron chi connectivity index (χ1n) is 11.3. The molecule has 1 saturated heterocycles. The molecule has 0 unspecified atom stereocenters. The Morgan fingerprint density at radius 3 is 2.39 bits per heavy atom. The van der Waals surface area contributed by atoms with Crippen molar-refractivity contribution in [2.45, 2.75) is 44.0 Å². The van der Waals surface area contributed by atoms with Gasteiger partial charge in [-0.2, -0.15) is 5.26 Å². The minimum Gasteiger partial charge on any atom is -0.494 e. The molecule has 0 aliphatic carbocycles.